The van der Waals surface area contributed by atoms with Crippen LogP contribution in [0.5, 0.6) is 0 Å². The summed E-state index contributed by atoms with van der Waals surface area (Å²) in [4.78, 5) is 11.0. The maximum Gasteiger partial charge on any atom is 0.458 e. The Bertz CT molecular complexity index is 1200. The summed E-state index contributed by atoms with van der Waals surface area (Å²) in [6.45, 7) is 3.00. The lowest BCUT2D eigenvalue weighted by atomic mass is 10.1. The summed E-state index contributed by atoms with van der Waals surface area (Å²) in [5.74, 6) is -5.39. The summed E-state index contributed by atoms with van der Waals surface area (Å²) in [5, 5.41) is -0.607. The number of hydrogen-bond donors (Lipinski definition) is 0. The van der Waals surface area contributed by atoms with Crippen LogP contribution in [-0.2, 0) is 29.9 Å². The normalized spacial score (nSPS) is 14.4. The molecule has 3 aromatic rings. The first-order valence-electron chi connectivity index (χ1n) is 8.81. The Labute approximate surface area is 178 Å². The smallest absolute Gasteiger partial charge is 0.310 e. The summed E-state index contributed by atoms with van der Waals surface area (Å²) >= 11 is 0. The van der Waals surface area contributed by atoms with Crippen LogP contribution in [0.4, 0.5) is 35.1 Å². The van der Waals surface area contributed by atoms with Crippen molar-refractivity contribution in [1.29, 1.82) is 0 Å². The van der Waals surface area contributed by atoms with Crippen LogP contribution in [0.25, 0.3) is 22.7 Å². The highest BCUT2D eigenvalue weighted by Gasteiger charge is 2.59. The molecule has 0 saturated carbocycles. The third-order valence-electron chi connectivity index (χ3n) is 4.46. The van der Waals surface area contributed by atoms with Crippen LogP contribution in [-0.4, -0.2) is 35.2 Å². The molecule has 0 aromatic carbocycles. The molecule has 0 aliphatic rings. The summed E-state index contributed by atoms with van der Waals surface area (Å²) in [5.41, 5.74) is -3.34. The first-order valence-corrected chi connectivity index (χ1v) is 10.0. The summed E-state index contributed by atoms with van der Waals surface area (Å²) in [7, 11) is -0.637. The van der Waals surface area contributed by atoms with Gasteiger partial charge >= 0.3 is 18.3 Å². The van der Waals surface area contributed by atoms with Crippen molar-refractivity contribution in [3.63, 3.8) is 0 Å². The van der Waals surface area contributed by atoms with Gasteiger partial charge in [0.2, 0.25) is 0 Å². The number of imidazole rings is 1. The van der Waals surface area contributed by atoms with Crippen molar-refractivity contribution in [3.05, 3.63) is 35.7 Å². The second kappa shape index (κ2) is 7.74. The van der Waals surface area contributed by atoms with Gasteiger partial charge in [0.25, 0.3) is 0 Å². The summed E-state index contributed by atoms with van der Waals surface area (Å²) in [6, 6.07) is 1.14. The van der Waals surface area contributed by atoms with Crippen molar-refractivity contribution in [1.82, 2.24) is 19.5 Å². The molecule has 1 unspecified atom stereocenters. The van der Waals surface area contributed by atoms with Crippen LogP contribution in [0.1, 0.15) is 25.0 Å². The van der Waals surface area contributed by atoms with Crippen molar-refractivity contribution in [3.8, 4) is 11.5 Å². The van der Waals surface area contributed by atoms with Crippen LogP contribution >= 0.6 is 0 Å². The minimum Gasteiger partial charge on any atom is -0.310 e. The van der Waals surface area contributed by atoms with Gasteiger partial charge in [-0.15, -0.1) is 0 Å². The molecular weight excluding hydrogens is 472 g/mol. The minimum atomic E-state index is -5.86. The monoisotopic (exact) mass is 486 g/mol. The molecule has 0 amide bonds. The fourth-order valence-electron chi connectivity index (χ4n) is 2.80. The van der Waals surface area contributed by atoms with E-state index in [0.717, 1.165) is 4.57 Å². The first-order chi connectivity index (χ1) is 14.6. The SMILES string of the molecule is CC(C)S(=O)c1cc(C(F)(F)F)cnc1-c1nc2cc(C(F)(F)C(F)(F)F)cnc2n1C. The van der Waals surface area contributed by atoms with E-state index in [2.05, 4.69) is 15.0 Å². The molecule has 1 atom stereocenters. The van der Waals surface area contributed by atoms with Gasteiger partial charge in [-0.25, -0.2) is 9.97 Å². The average Bonchev–Trinajstić information content (AvgIpc) is 3.01. The number of rotatable bonds is 4. The standard InChI is InChI=1S/C18H14F8N4OS/c1-8(2)32(31)12-5-10(17(21,22)23)7-27-13(12)15-29-11-4-9(6-28-14(11)30(15)3)16(19,20)18(24,25)26/h4-8H,1-3H3. The first kappa shape index (κ1) is 24.0. The Balaban J connectivity index is 2.24. The molecule has 14 heteroatoms. The quantitative estimate of drug-likeness (QED) is 0.475. The highest BCUT2D eigenvalue weighted by atomic mass is 32.2. The van der Waals surface area contributed by atoms with E-state index in [0.29, 0.717) is 24.5 Å². The summed E-state index contributed by atoms with van der Waals surface area (Å²) in [6.07, 6.45) is -9.80. The van der Waals surface area contributed by atoms with Crippen molar-refractivity contribution < 1.29 is 39.3 Å². The number of fused-ring (bicyclic) bond motifs is 1. The highest BCUT2D eigenvalue weighted by molar-refractivity contribution is 7.85. The van der Waals surface area contributed by atoms with Crippen molar-refractivity contribution >= 4 is 22.0 Å². The number of hydrogen-bond acceptors (Lipinski definition) is 4. The molecule has 0 aliphatic carbocycles. The number of alkyl halides is 8. The topological polar surface area (TPSA) is 60.7 Å². The molecule has 174 valence electrons. The Morgan fingerprint density at radius 2 is 1.53 bits per heavy atom. The van der Waals surface area contributed by atoms with Crippen molar-refractivity contribution in [2.45, 2.75) is 42.3 Å². The zero-order valence-corrected chi connectivity index (χ0v) is 17.3. The predicted molar refractivity (Wildman–Crippen MR) is 98.2 cm³/mol. The maximum atomic E-state index is 13.7. The van der Waals surface area contributed by atoms with Gasteiger partial charge in [0.1, 0.15) is 11.2 Å². The lowest BCUT2D eigenvalue weighted by Gasteiger charge is -2.19. The van der Waals surface area contributed by atoms with Crippen molar-refractivity contribution in [2.75, 3.05) is 0 Å². The van der Waals surface area contributed by atoms with Gasteiger partial charge in [-0.2, -0.15) is 35.1 Å². The molecule has 0 spiro atoms. The van der Waals surface area contributed by atoms with Crippen LogP contribution in [0.15, 0.2) is 29.4 Å². The highest BCUT2D eigenvalue weighted by Crippen LogP contribution is 2.44. The average molecular weight is 486 g/mol. The van der Waals surface area contributed by atoms with Gasteiger partial charge in [0.15, 0.2) is 11.5 Å². The molecule has 0 fully saturated rings. The van der Waals surface area contributed by atoms with E-state index in [4.69, 9.17) is 0 Å². The molecule has 0 N–H and O–H groups in total. The van der Waals surface area contributed by atoms with Gasteiger partial charge in [-0.3, -0.25) is 9.19 Å². The molecular formula is C18H14F8N4OS. The Hall–Kier alpha value is -2.64. The number of nitrogens with zero attached hydrogens (tertiary/aromatic N) is 4. The van der Waals surface area contributed by atoms with E-state index in [1.807, 2.05) is 0 Å². The molecule has 0 bridgehead atoms. The van der Waals surface area contributed by atoms with E-state index in [9.17, 15) is 39.3 Å². The van der Waals surface area contributed by atoms with E-state index in [1.54, 1.807) is 0 Å². The Kier molecular flexibility index (Phi) is 5.81. The molecule has 3 heterocycles. The van der Waals surface area contributed by atoms with Crippen LogP contribution in [0, 0.1) is 0 Å². The third-order valence-corrected chi connectivity index (χ3v) is 6.07. The van der Waals surface area contributed by atoms with Gasteiger partial charge in [-0.1, -0.05) is 13.8 Å². The number of aromatic nitrogens is 4. The van der Waals surface area contributed by atoms with Gasteiger partial charge in [0, 0.05) is 24.7 Å². The second-order valence-electron chi connectivity index (χ2n) is 7.05. The Morgan fingerprint density at radius 3 is 2.06 bits per heavy atom. The van der Waals surface area contributed by atoms with Gasteiger partial charge in [-0.05, 0) is 12.1 Å². The number of pyridine rings is 2. The minimum absolute atomic E-state index is 0.121. The van der Waals surface area contributed by atoms with Gasteiger partial charge < -0.3 is 4.57 Å². The lowest BCUT2D eigenvalue weighted by Crippen LogP contribution is -2.33. The molecule has 0 aliphatic heterocycles. The largest absolute Gasteiger partial charge is 0.458 e. The number of aryl methyl sites for hydroxylation is 1. The molecule has 3 rings (SSSR count). The van der Waals surface area contributed by atoms with Gasteiger partial charge in [0.05, 0.1) is 26.8 Å². The predicted octanol–water partition coefficient (Wildman–Crippen LogP) is 5.22. The lowest BCUT2D eigenvalue weighted by molar-refractivity contribution is -0.289. The van der Waals surface area contributed by atoms with E-state index >= 15 is 0 Å². The zero-order valence-electron chi connectivity index (χ0n) is 16.5. The fourth-order valence-corrected chi connectivity index (χ4v) is 3.88. The molecule has 3 aromatic heterocycles. The second-order valence-corrected chi connectivity index (χ2v) is 9.03. The number of halogens is 8. The molecule has 0 saturated heterocycles. The molecule has 32 heavy (non-hydrogen) atoms. The molecule has 5 nitrogen and oxygen atoms in total. The Morgan fingerprint density at radius 1 is 0.938 bits per heavy atom. The van der Waals surface area contributed by atoms with Crippen LogP contribution < -0.4 is 0 Å². The van der Waals surface area contributed by atoms with E-state index < -0.39 is 45.5 Å². The summed E-state index contributed by atoms with van der Waals surface area (Å²) < 4.78 is 119. The van der Waals surface area contributed by atoms with E-state index in [1.165, 1.54) is 20.9 Å². The third kappa shape index (κ3) is 4.07. The zero-order chi connectivity index (χ0) is 24.2. The maximum absolute atomic E-state index is 13.7. The van der Waals surface area contributed by atoms with Crippen molar-refractivity contribution in [2.24, 2.45) is 7.05 Å². The van der Waals surface area contributed by atoms with Crippen LogP contribution in [0.2, 0.25) is 0 Å². The van der Waals surface area contributed by atoms with E-state index in [-0.39, 0.29) is 27.6 Å². The fraction of sp³-hybridized carbons (Fsp3) is 0.389. The molecule has 0 radical (unpaired) electrons. The van der Waals surface area contributed by atoms with Crippen LogP contribution in [0.3, 0.4) is 0 Å².